The molecule has 50 heavy (non-hydrogen) atoms. The van der Waals surface area contributed by atoms with E-state index in [9.17, 15) is 24.0 Å². The molecule has 14 nitrogen and oxygen atoms in total. The number of urea groups is 1. The maximum absolute atomic E-state index is 14.5. The largest absolute Gasteiger partial charge is 0.496 e. The molecule has 272 valence electrons. The number of rotatable bonds is 10. The first kappa shape index (κ1) is 37.9. The van der Waals surface area contributed by atoms with Gasteiger partial charge in [-0.25, -0.2) is 19.4 Å². The lowest BCUT2D eigenvalue weighted by Gasteiger charge is -2.36. The van der Waals surface area contributed by atoms with Gasteiger partial charge in [0.25, 0.3) is 0 Å². The molecular weight excluding hydrogens is 646 g/mol. The minimum Gasteiger partial charge on any atom is -0.496 e. The number of esters is 2. The van der Waals surface area contributed by atoms with Crippen molar-refractivity contribution in [2.45, 2.75) is 90.6 Å². The van der Waals surface area contributed by atoms with Gasteiger partial charge in [0.05, 0.1) is 33.4 Å². The second-order valence-electron chi connectivity index (χ2n) is 14.9. The van der Waals surface area contributed by atoms with Gasteiger partial charge in [0.15, 0.2) is 5.69 Å². The Morgan fingerprint density at radius 3 is 2.26 bits per heavy atom. The predicted octanol–water partition coefficient (Wildman–Crippen LogP) is 3.43. The number of fused-ring (bicyclic) bond motifs is 1. The Morgan fingerprint density at radius 2 is 1.72 bits per heavy atom. The number of carbonyl (C=O) groups excluding carboxylic acids is 5. The fourth-order valence-corrected chi connectivity index (χ4v) is 6.27. The van der Waals surface area contributed by atoms with Gasteiger partial charge in [0.2, 0.25) is 11.8 Å². The maximum Gasteiger partial charge on any atom is 0.356 e. The van der Waals surface area contributed by atoms with Gasteiger partial charge in [-0.05, 0) is 51.7 Å². The van der Waals surface area contributed by atoms with Crippen molar-refractivity contribution in [1.29, 1.82) is 0 Å². The number of likely N-dealkylation sites (tertiary alicyclic amines) is 1. The van der Waals surface area contributed by atoms with E-state index in [1.165, 1.54) is 32.3 Å². The van der Waals surface area contributed by atoms with Crippen LogP contribution >= 0.6 is 0 Å². The lowest BCUT2D eigenvalue weighted by molar-refractivity contribution is -0.148. The number of pyridine rings is 1. The second kappa shape index (κ2) is 14.2. The molecule has 3 N–H and O–H groups in total. The van der Waals surface area contributed by atoms with E-state index in [-0.39, 0.29) is 30.3 Å². The number of nitrogens with zero attached hydrogens (tertiary/aromatic N) is 2. The number of ether oxygens (including phenoxy) is 4. The normalized spacial score (nSPS) is 22.2. The van der Waals surface area contributed by atoms with Crippen LogP contribution in [-0.2, 0) is 23.9 Å². The quantitative estimate of drug-likeness (QED) is 0.247. The second-order valence-corrected chi connectivity index (χ2v) is 14.9. The zero-order valence-electron chi connectivity index (χ0n) is 30.5. The van der Waals surface area contributed by atoms with Crippen LogP contribution in [0.4, 0.5) is 4.79 Å². The van der Waals surface area contributed by atoms with Crippen molar-refractivity contribution >= 4 is 40.7 Å². The highest BCUT2D eigenvalue weighted by Crippen LogP contribution is 2.46. The fraction of sp³-hybridized carbons (Fsp3) is 0.556. The number of nitrogens with one attached hydrogen (secondary N) is 3. The number of amides is 4. The first-order valence-corrected chi connectivity index (χ1v) is 16.5. The summed E-state index contributed by atoms with van der Waals surface area (Å²) < 4.78 is 21.9. The van der Waals surface area contributed by atoms with Crippen LogP contribution in [0.3, 0.4) is 0 Å². The van der Waals surface area contributed by atoms with Crippen molar-refractivity contribution < 1.29 is 42.9 Å². The summed E-state index contributed by atoms with van der Waals surface area (Å²) in [6.45, 7) is 16.4. The molecule has 1 aromatic heterocycles. The van der Waals surface area contributed by atoms with Crippen LogP contribution in [0.25, 0.3) is 10.9 Å². The van der Waals surface area contributed by atoms with Crippen molar-refractivity contribution in [2.24, 2.45) is 11.3 Å². The summed E-state index contributed by atoms with van der Waals surface area (Å²) in [5.74, 6) is -1.89. The number of carbonyl (C=O) groups is 5. The van der Waals surface area contributed by atoms with E-state index in [0.29, 0.717) is 28.6 Å². The molecular formula is C36H49N5O9. The molecule has 1 aromatic carbocycles. The fourth-order valence-electron chi connectivity index (χ4n) is 6.27. The van der Waals surface area contributed by atoms with E-state index in [4.69, 9.17) is 18.9 Å². The van der Waals surface area contributed by atoms with Gasteiger partial charge < -0.3 is 39.8 Å². The zero-order chi connectivity index (χ0) is 37.3. The SMILES string of the molecule is C=C[C@@H]1C[C@]1(NC(=O)[C@@H]1C[C@@H](Oc2cc(C(=O)OC)nc3c(C)c(OC)ccc23)CN1C(=O)[C@@H](NC(=O)NC(C)(C)C)C(C)(C)C)C(=O)OC. The van der Waals surface area contributed by atoms with Crippen molar-refractivity contribution in [1.82, 2.24) is 25.8 Å². The monoisotopic (exact) mass is 695 g/mol. The molecule has 5 atom stereocenters. The van der Waals surface area contributed by atoms with Gasteiger partial charge in [-0.15, -0.1) is 6.58 Å². The van der Waals surface area contributed by atoms with Gasteiger partial charge in [-0.2, -0.15) is 0 Å². The van der Waals surface area contributed by atoms with E-state index in [2.05, 4.69) is 27.5 Å². The van der Waals surface area contributed by atoms with Crippen molar-refractivity contribution in [3.05, 3.63) is 42.1 Å². The first-order chi connectivity index (χ1) is 23.3. The molecule has 0 unspecified atom stereocenters. The Bertz CT molecular complexity index is 1700. The van der Waals surface area contributed by atoms with Crippen molar-refractivity contribution in [2.75, 3.05) is 27.9 Å². The van der Waals surface area contributed by atoms with E-state index in [1.54, 1.807) is 25.1 Å². The number of aryl methyl sites for hydroxylation is 1. The minimum absolute atomic E-state index is 0.00217. The topological polar surface area (TPSA) is 174 Å². The number of hydrogen-bond donors (Lipinski definition) is 3. The summed E-state index contributed by atoms with van der Waals surface area (Å²) in [6.07, 6.45) is 1.17. The molecule has 1 saturated heterocycles. The lowest BCUT2D eigenvalue weighted by atomic mass is 9.85. The summed E-state index contributed by atoms with van der Waals surface area (Å²) in [7, 11) is 4.02. The van der Waals surface area contributed by atoms with E-state index < -0.39 is 64.5 Å². The predicted molar refractivity (Wildman–Crippen MR) is 185 cm³/mol. The smallest absolute Gasteiger partial charge is 0.356 e. The van der Waals surface area contributed by atoms with Crippen molar-refractivity contribution in [3.8, 4) is 11.5 Å². The summed E-state index contributed by atoms with van der Waals surface area (Å²) in [4.78, 5) is 72.9. The van der Waals surface area contributed by atoms with Gasteiger partial charge in [0, 0.05) is 34.9 Å². The van der Waals surface area contributed by atoms with Crippen LogP contribution in [0.1, 0.15) is 70.4 Å². The molecule has 1 aliphatic carbocycles. The molecule has 2 heterocycles. The highest BCUT2D eigenvalue weighted by atomic mass is 16.5. The Balaban J connectivity index is 1.74. The van der Waals surface area contributed by atoms with Crippen LogP contribution in [0.15, 0.2) is 30.9 Å². The third-order valence-electron chi connectivity index (χ3n) is 8.98. The maximum atomic E-state index is 14.5. The Hall–Kier alpha value is -4.88. The summed E-state index contributed by atoms with van der Waals surface area (Å²) in [5, 5.41) is 9.05. The molecule has 4 amide bonds. The molecule has 4 rings (SSSR count). The number of benzene rings is 1. The van der Waals surface area contributed by atoms with Crippen LogP contribution in [-0.4, -0.2) is 96.8 Å². The lowest BCUT2D eigenvalue weighted by Crippen LogP contribution is -2.61. The van der Waals surface area contributed by atoms with Crippen LogP contribution in [0.2, 0.25) is 0 Å². The molecule has 0 bridgehead atoms. The minimum atomic E-state index is -1.30. The number of hydrogen-bond acceptors (Lipinski definition) is 10. The molecule has 0 radical (unpaired) electrons. The molecule has 0 spiro atoms. The van der Waals surface area contributed by atoms with Crippen LogP contribution in [0.5, 0.6) is 11.5 Å². The Morgan fingerprint density at radius 1 is 1.04 bits per heavy atom. The average molecular weight is 696 g/mol. The van der Waals surface area contributed by atoms with E-state index in [1.807, 2.05) is 41.5 Å². The molecule has 1 saturated carbocycles. The molecule has 14 heteroatoms. The molecule has 2 aromatic rings. The summed E-state index contributed by atoms with van der Waals surface area (Å²) >= 11 is 0. The van der Waals surface area contributed by atoms with Gasteiger partial charge in [-0.3, -0.25) is 9.59 Å². The average Bonchev–Trinajstić information content (AvgIpc) is 3.59. The van der Waals surface area contributed by atoms with Crippen LogP contribution < -0.4 is 25.4 Å². The zero-order valence-corrected chi connectivity index (χ0v) is 30.5. The van der Waals surface area contributed by atoms with E-state index in [0.717, 1.165) is 0 Å². The van der Waals surface area contributed by atoms with Gasteiger partial charge in [-0.1, -0.05) is 26.8 Å². The van der Waals surface area contributed by atoms with Gasteiger partial charge >= 0.3 is 18.0 Å². The highest BCUT2D eigenvalue weighted by molar-refractivity contribution is 5.98. The Labute approximate surface area is 292 Å². The third-order valence-corrected chi connectivity index (χ3v) is 8.98. The summed E-state index contributed by atoms with van der Waals surface area (Å²) in [6, 6.07) is 2.29. The van der Waals surface area contributed by atoms with E-state index >= 15 is 0 Å². The third kappa shape index (κ3) is 7.79. The summed E-state index contributed by atoms with van der Waals surface area (Å²) in [5.41, 5.74) is -1.52. The highest BCUT2D eigenvalue weighted by Gasteiger charge is 2.62. The Kier molecular flexibility index (Phi) is 10.7. The number of methoxy groups -OCH3 is 3. The molecule has 2 fully saturated rings. The molecule has 1 aliphatic heterocycles. The standard InChI is InChI=1S/C36H49N5O9/c1-12-20-17-36(20,32(45)49-11)39-29(42)24-15-21(18-41(24)30(43)28(34(3,4)5)38-33(46)40-35(6,7)8)50-26-16-23(31(44)48-10)37-27-19(2)25(47-9)14-13-22(26)27/h12-14,16,20-21,24,28H,1,15,17-18H2,2-11H3,(H,39,42)(H2,38,40,46)/t20-,21-,24+,28-,36-/m1/s1. The van der Waals surface area contributed by atoms with Crippen molar-refractivity contribution in [3.63, 3.8) is 0 Å². The van der Waals surface area contributed by atoms with Gasteiger partial charge in [0.1, 0.15) is 35.2 Å². The number of aromatic nitrogens is 1. The first-order valence-electron chi connectivity index (χ1n) is 16.5. The molecule has 2 aliphatic rings. The van der Waals surface area contributed by atoms with Crippen LogP contribution in [0, 0.1) is 18.3 Å².